The maximum Gasteiger partial charge on any atom is 0.253 e. The molecule has 0 radical (unpaired) electrons. The highest BCUT2D eigenvalue weighted by atomic mass is 16.3. The number of likely N-dealkylation sites (tertiary alicyclic amines) is 1. The summed E-state index contributed by atoms with van der Waals surface area (Å²) in [6.45, 7) is 2.85. The van der Waals surface area contributed by atoms with Gasteiger partial charge in [0.1, 0.15) is 0 Å². The van der Waals surface area contributed by atoms with Crippen molar-refractivity contribution in [2.45, 2.75) is 31.8 Å². The van der Waals surface area contributed by atoms with E-state index in [0.29, 0.717) is 25.1 Å². The Bertz CT molecular complexity index is 569. The topological polar surface area (TPSA) is 60.8 Å². The van der Waals surface area contributed by atoms with Crippen LogP contribution in [0, 0.1) is 11.8 Å². The lowest BCUT2D eigenvalue weighted by molar-refractivity contribution is -0.0107. The van der Waals surface area contributed by atoms with E-state index in [4.69, 9.17) is 5.11 Å². The molecule has 1 atom stereocenters. The number of aliphatic hydroxyl groups excluding tert-OH is 1. The monoisotopic (exact) mass is 287 g/mol. The van der Waals surface area contributed by atoms with Gasteiger partial charge in [0.2, 0.25) is 0 Å². The van der Waals surface area contributed by atoms with E-state index in [1.807, 2.05) is 6.07 Å². The van der Waals surface area contributed by atoms with Gasteiger partial charge in [-0.05, 0) is 38.0 Å². The van der Waals surface area contributed by atoms with Crippen LogP contribution in [0.5, 0.6) is 0 Å². The predicted molar refractivity (Wildman–Crippen MR) is 80.8 cm³/mol. The smallest absolute Gasteiger partial charge is 0.253 e. The van der Waals surface area contributed by atoms with Crippen LogP contribution in [0.4, 0.5) is 0 Å². The van der Waals surface area contributed by atoms with Crippen LogP contribution in [-0.4, -0.2) is 46.3 Å². The quantitative estimate of drug-likeness (QED) is 0.809. The Morgan fingerprint density at radius 2 is 2.29 bits per heavy atom. The average Bonchev–Trinajstić information content (AvgIpc) is 2.46. The van der Waals surface area contributed by atoms with Crippen molar-refractivity contribution >= 4 is 5.91 Å². The van der Waals surface area contributed by atoms with Gasteiger partial charge in [0.15, 0.2) is 0 Å². The Morgan fingerprint density at radius 1 is 1.48 bits per heavy atom. The van der Waals surface area contributed by atoms with E-state index in [1.54, 1.807) is 30.0 Å². The molecule has 1 aromatic rings. The lowest BCUT2D eigenvalue weighted by atomic mass is 9.94. The second-order valence-corrected chi connectivity index (χ2v) is 5.68. The van der Waals surface area contributed by atoms with Crippen molar-refractivity contribution in [3.8, 4) is 11.8 Å². The van der Waals surface area contributed by atoms with Gasteiger partial charge >= 0.3 is 0 Å². The highest BCUT2D eigenvalue weighted by molar-refractivity contribution is 5.94. The Morgan fingerprint density at radius 3 is 3.00 bits per heavy atom. The van der Waals surface area contributed by atoms with Gasteiger partial charge in [-0.15, -0.1) is 0 Å². The number of hydrogen-bond acceptors (Lipinski definition) is 3. The summed E-state index contributed by atoms with van der Waals surface area (Å²) >= 11 is 0. The number of piperidine rings is 1. The maximum atomic E-state index is 12.5. The van der Waals surface area contributed by atoms with Crippen LogP contribution in [0.15, 0.2) is 24.3 Å². The van der Waals surface area contributed by atoms with Crippen molar-refractivity contribution in [1.29, 1.82) is 0 Å². The van der Waals surface area contributed by atoms with E-state index < -0.39 is 5.60 Å². The van der Waals surface area contributed by atoms with E-state index in [9.17, 15) is 9.90 Å². The molecule has 1 unspecified atom stereocenters. The van der Waals surface area contributed by atoms with E-state index >= 15 is 0 Å². The zero-order valence-electron chi connectivity index (χ0n) is 12.3. The van der Waals surface area contributed by atoms with Crippen LogP contribution in [0.1, 0.15) is 42.1 Å². The van der Waals surface area contributed by atoms with Crippen LogP contribution in [0.3, 0.4) is 0 Å². The van der Waals surface area contributed by atoms with Gasteiger partial charge in [0, 0.05) is 30.6 Å². The number of hydrogen-bond donors (Lipinski definition) is 2. The number of benzene rings is 1. The summed E-state index contributed by atoms with van der Waals surface area (Å²) in [4.78, 5) is 14.2. The number of β-amino-alcohol motifs (C(OH)–C–C–N with tert-alkyl or cyclic N) is 1. The molecular weight excluding hydrogens is 266 g/mol. The van der Waals surface area contributed by atoms with Gasteiger partial charge < -0.3 is 15.1 Å². The fourth-order valence-electron chi connectivity index (χ4n) is 2.53. The van der Waals surface area contributed by atoms with Crippen molar-refractivity contribution in [1.82, 2.24) is 4.90 Å². The molecule has 0 aromatic heterocycles. The lowest BCUT2D eigenvalue weighted by Crippen LogP contribution is -2.48. The summed E-state index contributed by atoms with van der Waals surface area (Å²) in [6, 6.07) is 7.17. The maximum absolute atomic E-state index is 12.5. The third-order valence-electron chi connectivity index (χ3n) is 3.54. The molecule has 0 bridgehead atoms. The number of carbonyl (C=O) groups is 1. The summed E-state index contributed by atoms with van der Waals surface area (Å²) in [6.07, 6.45) is 1.96. The molecule has 2 N–H and O–H groups in total. The number of carbonyl (C=O) groups excluding carboxylic acids is 1. The van der Waals surface area contributed by atoms with Crippen molar-refractivity contribution in [3.63, 3.8) is 0 Å². The van der Waals surface area contributed by atoms with Crippen LogP contribution >= 0.6 is 0 Å². The van der Waals surface area contributed by atoms with Crippen molar-refractivity contribution in [3.05, 3.63) is 35.4 Å². The first-order valence-electron chi connectivity index (χ1n) is 7.23. The zero-order chi connectivity index (χ0) is 15.3. The molecular formula is C17H21NO3. The standard InChI is InChI=1S/C17H21NO3/c1-17(21)9-5-10-18(13-17)16(20)15-8-4-7-14(12-15)6-2-3-11-19/h4,7-8,12,19,21H,3,5,9-11,13H2,1H3. The summed E-state index contributed by atoms with van der Waals surface area (Å²) in [5.41, 5.74) is 0.550. The third kappa shape index (κ3) is 4.32. The van der Waals surface area contributed by atoms with E-state index in [0.717, 1.165) is 18.4 Å². The number of aliphatic hydroxyl groups is 2. The summed E-state index contributed by atoms with van der Waals surface area (Å²) in [5.74, 6) is 5.71. The van der Waals surface area contributed by atoms with Crippen molar-refractivity contribution < 1.29 is 15.0 Å². The number of rotatable bonds is 2. The first kappa shape index (κ1) is 15.6. The molecule has 21 heavy (non-hydrogen) atoms. The van der Waals surface area contributed by atoms with Crippen LogP contribution in [0.25, 0.3) is 0 Å². The molecule has 0 aliphatic carbocycles. The lowest BCUT2D eigenvalue weighted by Gasteiger charge is -2.36. The average molecular weight is 287 g/mol. The molecule has 0 saturated carbocycles. The normalized spacial score (nSPS) is 21.6. The second-order valence-electron chi connectivity index (χ2n) is 5.68. The van der Waals surface area contributed by atoms with Gasteiger partial charge in [-0.25, -0.2) is 0 Å². The first-order chi connectivity index (χ1) is 10.0. The van der Waals surface area contributed by atoms with Gasteiger partial charge in [0.05, 0.1) is 12.2 Å². The molecule has 1 saturated heterocycles. The molecule has 112 valence electrons. The Labute approximate surface area is 125 Å². The Kier molecular flexibility index (Phi) is 5.00. The minimum Gasteiger partial charge on any atom is -0.395 e. The molecule has 4 nitrogen and oxygen atoms in total. The van der Waals surface area contributed by atoms with E-state index in [2.05, 4.69) is 11.8 Å². The molecule has 1 aliphatic heterocycles. The Hall–Kier alpha value is -1.83. The minimum absolute atomic E-state index is 0.0362. The molecule has 1 heterocycles. The molecule has 1 aliphatic rings. The SMILES string of the molecule is CC1(O)CCCN(C(=O)c2cccc(C#CCCO)c2)C1. The summed E-state index contributed by atoms with van der Waals surface area (Å²) in [5, 5.41) is 18.8. The number of amides is 1. The van der Waals surface area contributed by atoms with Crippen molar-refractivity contribution in [2.75, 3.05) is 19.7 Å². The molecule has 2 rings (SSSR count). The summed E-state index contributed by atoms with van der Waals surface area (Å²) in [7, 11) is 0. The molecule has 4 heteroatoms. The molecule has 1 amide bonds. The summed E-state index contributed by atoms with van der Waals surface area (Å²) < 4.78 is 0. The molecule has 0 spiro atoms. The number of nitrogens with zero attached hydrogens (tertiary/aromatic N) is 1. The van der Waals surface area contributed by atoms with Crippen LogP contribution in [0.2, 0.25) is 0 Å². The fraction of sp³-hybridized carbons (Fsp3) is 0.471. The zero-order valence-corrected chi connectivity index (χ0v) is 12.3. The predicted octanol–water partition coefficient (Wildman–Crippen LogP) is 1.41. The van der Waals surface area contributed by atoms with Crippen LogP contribution < -0.4 is 0 Å². The highest BCUT2D eigenvalue weighted by Gasteiger charge is 2.31. The molecule has 1 aromatic carbocycles. The first-order valence-corrected chi connectivity index (χ1v) is 7.23. The fourth-order valence-corrected chi connectivity index (χ4v) is 2.53. The minimum atomic E-state index is -0.799. The van der Waals surface area contributed by atoms with Crippen LogP contribution in [-0.2, 0) is 0 Å². The highest BCUT2D eigenvalue weighted by Crippen LogP contribution is 2.22. The van der Waals surface area contributed by atoms with Gasteiger partial charge in [-0.3, -0.25) is 4.79 Å². The Balaban J connectivity index is 2.12. The van der Waals surface area contributed by atoms with Crippen molar-refractivity contribution in [2.24, 2.45) is 0 Å². The third-order valence-corrected chi connectivity index (χ3v) is 3.54. The van der Waals surface area contributed by atoms with Gasteiger partial charge in [-0.2, -0.15) is 0 Å². The molecule has 1 fully saturated rings. The largest absolute Gasteiger partial charge is 0.395 e. The van der Waals surface area contributed by atoms with E-state index in [-0.39, 0.29) is 12.5 Å². The van der Waals surface area contributed by atoms with E-state index in [1.165, 1.54) is 0 Å². The second kappa shape index (κ2) is 6.75. The van der Waals surface area contributed by atoms with Gasteiger partial charge in [-0.1, -0.05) is 17.9 Å². The van der Waals surface area contributed by atoms with Gasteiger partial charge in [0.25, 0.3) is 5.91 Å².